The van der Waals surface area contributed by atoms with Crippen LogP contribution in [0.1, 0.15) is 36.9 Å². The highest BCUT2D eigenvalue weighted by atomic mass is 16.3. The summed E-state index contributed by atoms with van der Waals surface area (Å²) in [4.78, 5) is 2.22. The second-order valence-electron chi connectivity index (χ2n) is 6.38. The summed E-state index contributed by atoms with van der Waals surface area (Å²) in [7, 11) is 2.08. The normalized spacial score (nSPS) is 17.5. The van der Waals surface area contributed by atoms with Crippen molar-refractivity contribution < 1.29 is 5.11 Å². The van der Waals surface area contributed by atoms with Crippen LogP contribution in [0.2, 0.25) is 0 Å². The number of anilines is 1. The predicted octanol–water partition coefficient (Wildman–Crippen LogP) is 1.73. The average molecular weight is 289 g/mol. The van der Waals surface area contributed by atoms with Gasteiger partial charge in [0.25, 0.3) is 0 Å². The molecular weight excluding hydrogens is 266 g/mol. The highest BCUT2D eigenvalue weighted by molar-refractivity contribution is 5.72. The Morgan fingerprint density at radius 1 is 1.33 bits per heavy atom. The smallest absolute Gasteiger partial charge is 0.201 e. The van der Waals surface area contributed by atoms with Crippen LogP contribution < -0.4 is 4.90 Å². The third-order valence-electron chi connectivity index (χ3n) is 4.85. The van der Waals surface area contributed by atoms with Crippen LogP contribution in [0.4, 0.5) is 5.69 Å². The van der Waals surface area contributed by atoms with Gasteiger partial charge in [0.05, 0.1) is 18.0 Å². The van der Waals surface area contributed by atoms with E-state index in [1.807, 2.05) is 6.92 Å². The number of aryl methyl sites for hydroxylation is 1. The van der Waals surface area contributed by atoms with Gasteiger partial charge in [-0.15, -0.1) is 10.2 Å². The summed E-state index contributed by atoms with van der Waals surface area (Å²) in [5, 5.41) is 22.5. The predicted molar refractivity (Wildman–Crippen MR) is 81.5 cm³/mol. The summed E-state index contributed by atoms with van der Waals surface area (Å²) in [6.45, 7) is 5.17. The van der Waals surface area contributed by atoms with Crippen molar-refractivity contribution in [3.63, 3.8) is 0 Å². The number of aliphatic hydroxyl groups is 1. The molecule has 2 heterocycles. The lowest BCUT2D eigenvalue weighted by Crippen LogP contribution is -2.37. The third kappa shape index (κ3) is 2.37. The van der Waals surface area contributed by atoms with E-state index in [0.29, 0.717) is 0 Å². The first-order chi connectivity index (χ1) is 10.1. The second-order valence-corrected chi connectivity index (χ2v) is 6.38. The van der Waals surface area contributed by atoms with E-state index in [9.17, 15) is 5.11 Å². The zero-order valence-electron chi connectivity index (χ0n) is 13.0. The fourth-order valence-corrected chi connectivity index (χ4v) is 3.57. The molecule has 21 heavy (non-hydrogen) atoms. The van der Waals surface area contributed by atoms with Crippen molar-refractivity contribution in [1.82, 2.24) is 19.8 Å². The van der Waals surface area contributed by atoms with Gasteiger partial charge in [0, 0.05) is 19.0 Å². The third-order valence-corrected chi connectivity index (χ3v) is 4.85. The molecule has 0 atom stereocenters. The lowest BCUT2D eigenvalue weighted by molar-refractivity contribution is 0.137. The van der Waals surface area contributed by atoms with Gasteiger partial charge >= 0.3 is 0 Å². The number of nitrogens with zero attached hydrogens (tertiary/aromatic N) is 5. The molecule has 0 aromatic carbocycles. The van der Waals surface area contributed by atoms with Gasteiger partial charge < -0.3 is 10.0 Å². The molecule has 1 fully saturated rings. The molecule has 1 aliphatic carbocycles. The van der Waals surface area contributed by atoms with Crippen LogP contribution in [0.15, 0.2) is 6.33 Å². The van der Waals surface area contributed by atoms with Crippen LogP contribution in [0.25, 0.3) is 5.65 Å². The average Bonchev–Trinajstić information content (AvgIpc) is 3.09. The van der Waals surface area contributed by atoms with Crippen molar-refractivity contribution in [2.24, 2.45) is 5.41 Å². The molecule has 6 nitrogen and oxygen atoms in total. The Morgan fingerprint density at radius 2 is 2.05 bits per heavy atom. The van der Waals surface area contributed by atoms with Gasteiger partial charge in [-0.05, 0) is 32.3 Å². The Kier molecular flexibility index (Phi) is 3.57. The second kappa shape index (κ2) is 5.26. The zero-order valence-corrected chi connectivity index (χ0v) is 13.0. The number of hydrogen-bond donors (Lipinski definition) is 1. The summed E-state index contributed by atoms with van der Waals surface area (Å²) >= 11 is 0. The van der Waals surface area contributed by atoms with Gasteiger partial charge in [0.2, 0.25) is 5.65 Å². The highest BCUT2D eigenvalue weighted by Gasteiger charge is 2.35. The molecule has 114 valence electrons. The quantitative estimate of drug-likeness (QED) is 0.928. The summed E-state index contributed by atoms with van der Waals surface area (Å²) in [6.07, 6.45) is 6.25. The maximum Gasteiger partial charge on any atom is 0.201 e. The number of aromatic nitrogens is 4. The molecule has 0 aliphatic heterocycles. The Bertz CT molecular complexity index is 645. The number of fused-ring (bicyclic) bond motifs is 1. The molecule has 2 aromatic heterocycles. The number of rotatable bonds is 4. The summed E-state index contributed by atoms with van der Waals surface area (Å²) < 4.78 is 1.73. The van der Waals surface area contributed by atoms with Crippen LogP contribution in [-0.4, -0.2) is 45.1 Å². The van der Waals surface area contributed by atoms with E-state index >= 15 is 0 Å². The van der Waals surface area contributed by atoms with Crippen LogP contribution >= 0.6 is 0 Å². The standard InChI is InChI=1S/C15H23N5O/c1-11-12(2)18-20-10-16-17-14(20)13(11)19(3)8-15(9-21)6-4-5-7-15/h10,21H,4-9H2,1-3H3. The molecule has 2 aromatic rings. The fourth-order valence-electron chi connectivity index (χ4n) is 3.57. The van der Waals surface area contributed by atoms with Gasteiger partial charge in [-0.1, -0.05) is 12.8 Å². The Hall–Kier alpha value is -1.69. The van der Waals surface area contributed by atoms with E-state index < -0.39 is 0 Å². The van der Waals surface area contributed by atoms with Gasteiger partial charge in [-0.25, -0.2) is 0 Å². The fraction of sp³-hybridized carbons (Fsp3) is 0.667. The van der Waals surface area contributed by atoms with E-state index in [-0.39, 0.29) is 12.0 Å². The van der Waals surface area contributed by atoms with Gasteiger partial charge in [0.1, 0.15) is 6.33 Å². The van der Waals surface area contributed by atoms with Gasteiger partial charge in [-0.3, -0.25) is 0 Å². The van der Waals surface area contributed by atoms with Gasteiger partial charge in [0.15, 0.2) is 0 Å². The van der Waals surface area contributed by atoms with E-state index in [1.54, 1.807) is 10.8 Å². The maximum atomic E-state index is 9.84. The first-order valence-corrected chi connectivity index (χ1v) is 7.55. The van der Waals surface area contributed by atoms with Crippen molar-refractivity contribution in [3.8, 4) is 0 Å². The van der Waals surface area contributed by atoms with Crippen LogP contribution in [0, 0.1) is 19.3 Å². The molecule has 0 spiro atoms. The number of aliphatic hydroxyl groups excluding tert-OH is 1. The SMILES string of the molecule is Cc1nn2cnnc2c(N(C)CC2(CO)CCCC2)c1C. The van der Waals surface area contributed by atoms with Crippen LogP contribution in [0.3, 0.4) is 0 Å². The molecule has 0 bridgehead atoms. The van der Waals surface area contributed by atoms with Crippen molar-refractivity contribution in [2.45, 2.75) is 39.5 Å². The Morgan fingerprint density at radius 3 is 2.71 bits per heavy atom. The maximum absolute atomic E-state index is 9.84. The lowest BCUT2D eigenvalue weighted by atomic mass is 9.86. The molecule has 0 radical (unpaired) electrons. The van der Waals surface area contributed by atoms with Crippen molar-refractivity contribution in [2.75, 3.05) is 25.1 Å². The minimum Gasteiger partial charge on any atom is -0.396 e. The highest BCUT2D eigenvalue weighted by Crippen LogP contribution is 2.39. The first-order valence-electron chi connectivity index (χ1n) is 7.55. The lowest BCUT2D eigenvalue weighted by Gasteiger charge is -2.33. The monoisotopic (exact) mass is 289 g/mol. The first kappa shape index (κ1) is 14.3. The summed E-state index contributed by atoms with van der Waals surface area (Å²) in [6, 6.07) is 0. The van der Waals surface area contributed by atoms with Crippen molar-refractivity contribution >= 4 is 11.3 Å². The molecule has 0 saturated heterocycles. The molecule has 1 N–H and O–H groups in total. The summed E-state index contributed by atoms with van der Waals surface area (Å²) in [5.74, 6) is 0. The Balaban J connectivity index is 1.99. The van der Waals surface area contributed by atoms with Crippen LogP contribution in [0.5, 0.6) is 0 Å². The Labute approximate surface area is 124 Å². The van der Waals surface area contributed by atoms with Crippen molar-refractivity contribution in [1.29, 1.82) is 0 Å². The van der Waals surface area contributed by atoms with E-state index in [4.69, 9.17) is 0 Å². The van der Waals surface area contributed by atoms with E-state index in [1.165, 1.54) is 12.8 Å². The van der Waals surface area contributed by atoms with E-state index in [0.717, 1.165) is 42.0 Å². The topological polar surface area (TPSA) is 66.5 Å². The molecule has 0 unspecified atom stereocenters. The minimum atomic E-state index is 0.0232. The molecule has 6 heteroatoms. The molecule has 0 amide bonds. The molecular formula is C15H23N5O. The minimum absolute atomic E-state index is 0.0232. The van der Waals surface area contributed by atoms with Gasteiger partial charge in [-0.2, -0.15) is 9.61 Å². The largest absolute Gasteiger partial charge is 0.396 e. The van der Waals surface area contributed by atoms with Crippen LogP contribution in [-0.2, 0) is 0 Å². The van der Waals surface area contributed by atoms with E-state index in [2.05, 4.69) is 34.2 Å². The van der Waals surface area contributed by atoms with Crippen molar-refractivity contribution in [3.05, 3.63) is 17.6 Å². The molecule has 1 aliphatic rings. The molecule has 3 rings (SSSR count). The zero-order chi connectivity index (χ0) is 15.0. The molecule has 1 saturated carbocycles. The number of hydrogen-bond acceptors (Lipinski definition) is 5. The summed E-state index contributed by atoms with van der Waals surface area (Å²) in [5.41, 5.74) is 3.99.